The van der Waals surface area contributed by atoms with Crippen LogP contribution in [0.4, 0.5) is 0 Å². The van der Waals surface area contributed by atoms with Crippen LogP contribution in [-0.4, -0.2) is 0 Å². The molecule has 0 radical (unpaired) electrons. The first-order chi connectivity index (χ1) is 13.2. The molecule has 2 aliphatic carbocycles. The maximum atomic E-state index is 9.00. The summed E-state index contributed by atoms with van der Waals surface area (Å²) in [6.07, 6.45) is 12.9. The van der Waals surface area contributed by atoms with E-state index in [9.17, 15) is 0 Å². The Hall–Kier alpha value is -1.99. The van der Waals surface area contributed by atoms with Crippen molar-refractivity contribution in [2.24, 2.45) is 23.7 Å². The van der Waals surface area contributed by atoms with Gasteiger partial charge in [0.25, 0.3) is 0 Å². The van der Waals surface area contributed by atoms with Gasteiger partial charge in [-0.05, 0) is 93.2 Å². The molecule has 142 valence electrons. The van der Waals surface area contributed by atoms with Crippen LogP contribution in [0, 0.1) is 46.8 Å². The lowest BCUT2D eigenvalue weighted by molar-refractivity contribution is 0.261. The van der Waals surface area contributed by atoms with Crippen molar-refractivity contribution in [1.29, 1.82) is 5.26 Å². The molecule has 0 heterocycles. The summed E-state index contributed by atoms with van der Waals surface area (Å²) in [5.74, 6) is 9.80. The number of rotatable bonds is 4. The second-order valence-electron chi connectivity index (χ2n) is 8.49. The van der Waals surface area contributed by atoms with Crippen LogP contribution in [0.15, 0.2) is 36.9 Å². The summed E-state index contributed by atoms with van der Waals surface area (Å²) < 4.78 is 0. The second kappa shape index (κ2) is 9.80. The van der Waals surface area contributed by atoms with E-state index < -0.39 is 0 Å². The fourth-order valence-electron chi connectivity index (χ4n) is 4.96. The van der Waals surface area contributed by atoms with Gasteiger partial charge in [0.05, 0.1) is 6.07 Å². The van der Waals surface area contributed by atoms with E-state index in [0.717, 1.165) is 37.2 Å². The summed E-state index contributed by atoms with van der Waals surface area (Å²) >= 11 is 0. The number of benzene rings is 1. The van der Waals surface area contributed by atoms with Crippen LogP contribution in [0.2, 0.25) is 0 Å². The van der Waals surface area contributed by atoms with Crippen molar-refractivity contribution in [3.8, 4) is 17.9 Å². The highest BCUT2D eigenvalue weighted by Gasteiger charge is 2.26. The molecule has 1 atom stereocenters. The SMILES string of the molecule is C=CC(CC)C1CCC(c2ccc(C#CC3CCC(C#N)CC3)cc2)CC1. The molecule has 1 aromatic carbocycles. The highest BCUT2D eigenvalue weighted by Crippen LogP contribution is 2.39. The molecule has 0 N–H and O–H groups in total. The van der Waals surface area contributed by atoms with Gasteiger partial charge in [0.2, 0.25) is 0 Å². The first kappa shape index (κ1) is 19.8. The molecule has 27 heavy (non-hydrogen) atoms. The Kier molecular flexibility index (Phi) is 7.18. The van der Waals surface area contributed by atoms with Crippen molar-refractivity contribution in [3.05, 3.63) is 48.0 Å². The summed E-state index contributed by atoms with van der Waals surface area (Å²) in [6, 6.07) is 11.4. The van der Waals surface area contributed by atoms with Gasteiger partial charge in [0.1, 0.15) is 0 Å². The molecule has 0 spiro atoms. The van der Waals surface area contributed by atoms with E-state index in [1.165, 1.54) is 37.7 Å². The Bertz CT molecular complexity index is 695. The lowest BCUT2D eigenvalue weighted by atomic mass is 9.73. The number of nitrogens with zero attached hydrogens (tertiary/aromatic N) is 1. The van der Waals surface area contributed by atoms with Crippen LogP contribution in [0.5, 0.6) is 0 Å². The molecule has 2 saturated carbocycles. The van der Waals surface area contributed by atoms with Crippen molar-refractivity contribution in [2.45, 2.75) is 70.6 Å². The summed E-state index contributed by atoms with van der Waals surface area (Å²) in [5.41, 5.74) is 2.62. The minimum atomic E-state index is 0.261. The lowest BCUT2D eigenvalue weighted by Crippen LogP contribution is -2.19. The van der Waals surface area contributed by atoms with Crippen LogP contribution < -0.4 is 0 Å². The molecule has 1 unspecified atom stereocenters. The summed E-state index contributed by atoms with van der Waals surface area (Å²) in [4.78, 5) is 0. The minimum absolute atomic E-state index is 0.261. The van der Waals surface area contributed by atoms with Gasteiger partial charge in [-0.1, -0.05) is 37.0 Å². The zero-order chi connectivity index (χ0) is 19.1. The third-order valence-corrected chi connectivity index (χ3v) is 6.86. The monoisotopic (exact) mass is 359 g/mol. The quantitative estimate of drug-likeness (QED) is 0.426. The minimum Gasteiger partial charge on any atom is -0.198 e. The van der Waals surface area contributed by atoms with Crippen molar-refractivity contribution in [1.82, 2.24) is 0 Å². The van der Waals surface area contributed by atoms with E-state index >= 15 is 0 Å². The lowest BCUT2D eigenvalue weighted by Gasteiger charge is -2.32. The van der Waals surface area contributed by atoms with Gasteiger partial charge >= 0.3 is 0 Å². The first-order valence-corrected chi connectivity index (χ1v) is 10.9. The first-order valence-electron chi connectivity index (χ1n) is 10.9. The van der Waals surface area contributed by atoms with Crippen molar-refractivity contribution in [2.75, 3.05) is 0 Å². The number of nitriles is 1. The summed E-state index contributed by atoms with van der Waals surface area (Å²) in [5, 5.41) is 9.00. The van der Waals surface area contributed by atoms with Crippen LogP contribution in [0.3, 0.4) is 0 Å². The van der Waals surface area contributed by atoms with Gasteiger partial charge in [-0.2, -0.15) is 5.26 Å². The molecular weight excluding hydrogens is 326 g/mol. The van der Waals surface area contributed by atoms with E-state index in [2.05, 4.69) is 61.8 Å². The molecule has 0 saturated heterocycles. The Labute approximate surface area is 165 Å². The van der Waals surface area contributed by atoms with Crippen molar-refractivity contribution >= 4 is 0 Å². The number of hydrogen-bond donors (Lipinski definition) is 0. The standard InChI is InChI=1S/C26H33N/c1-3-23(4-2)24-15-17-26(18-16-24)25-13-11-21(12-14-25)6-5-20-7-9-22(19-27)10-8-20/h3,11-14,20,22-24,26H,1,4,7-10,15-18H2,2H3. The number of hydrogen-bond acceptors (Lipinski definition) is 1. The van der Waals surface area contributed by atoms with E-state index in [4.69, 9.17) is 5.26 Å². The number of allylic oxidation sites excluding steroid dienone is 1. The van der Waals surface area contributed by atoms with E-state index in [1.807, 2.05) is 0 Å². The van der Waals surface area contributed by atoms with Gasteiger partial charge in [0, 0.05) is 17.4 Å². The van der Waals surface area contributed by atoms with E-state index in [1.54, 1.807) is 0 Å². The molecule has 1 aromatic rings. The third kappa shape index (κ3) is 5.26. The van der Waals surface area contributed by atoms with E-state index in [-0.39, 0.29) is 5.92 Å². The predicted molar refractivity (Wildman–Crippen MR) is 113 cm³/mol. The molecule has 2 aliphatic rings. The zero-order valence-corrected chi connectivity index (χ0v) is 16.8. The van der Waals surface area contributed by atoms with Crippen LogP contribution in [0.1, 0.15) is 81.8 Å². The Morgan fingerprint density at radius 1 is 1.00 bits per heavy atom. The maximum Gasteiger partial charge on any atom is 0.0655 e. The Morgan fingerprint density at radius 3 is 2.19 bits per heavy atom. The van der Waals surface area contributed by atoms with Crippen molar-refractivity contribution in [3.63, 3.8) is 0 Å². The smallest absolute Gasteiger partial charge is 0.0655 e. The third-order valence-electron chi connectivity index (χ3n) is 6.86. The van der Waals surface area contributed by atoms with Gasteiger partial charge in [-0.3, -0.25) is 0 Å². The Morgan fingerprint density at radius 2 is 1.63 bits per heavy atom. The average molecular weight is 360 g/mol. The van der Waals surface area contributed by atoms with Crippen LogP contribution in [-0.2, 0) is 0 Å². The molecular formula is C26H33N. The fraction of sp³-hybridized carbons (Fsp3) is 0.577. The Balaban J connectivity index is 1.52. The van der Waals surface area contributed by atoms with Gasteiger partial charge in [-0.15, -0.1) is 6.58 Å². The zero-order valence-electron chi connectivity index (χ0n) is 16.8. The molecule has 1 nitrogen and oxygen atoms in total. The molecule has 0 amide bonds. The average Bonchev–Trinajstić information content (AvgIpc) is 2.74. The molecule has 2 fully saturated rings. The van der Waals surface area contributed by atoms with E-state index in [0.29, 0.717) is 17.8 Å². The molecule has 3 rings (SSSR count). The van der Waals surface area contributed by atoms with Gasteiger partial charge in [-0.25, -0.2) is 0 Å². The summed E-state index contributed by atoms with van der Waals surface area (Å²) in [7, 11) is 0. The largest absolute Gasteiger partial charge is 0.198 e. The fourth-order valence-corrected chi connectivity index (χ4v) is 4.96. The summed E-state index contributed by atoms with van der Waals surface area (Å²) in [6.45, 7) is 6.31. The van der Waals surface area contributed by atoms with Crippen molar-refractivity contribution < 1.29 is 0 Å². The molecule has 0 bridgehead atoms. The van der Waals surface area contributed by atoms with Crippen LogP contribution >= 0.6 is 0 Å². The highest BCUT2D eigenvalue weighted by molar-refractivity contribution is 5.37. The topological polar surface area (TPSA) is 23.8 Å². The molecule has 0 aliphatic heterocycles. The maximum absolute atomic E-state index is 9.00. The van der Waals surface area contributed by atoms with Gasteiger partial charge < -0.3 is 0 Å². The normalized spacial score (nSPS) is 29.0. The highest BCUT2D eigenvalue weighted by atomic mass is 14.3. The van der Waals surface area contributed by atoms with Gasteiger partial charge in [0.15, 0.2) is 0 Å². The predicted octanol–water partition coefficient (Wildman–Crippen LogP) is 6.85. The second-order valence-corrected chi connectivity index (χ2v) is 8.49. The molecule has 0 aromatic heterocycles. The van der Waals surface area contributed by atoms with Crippen LogP contribution in [0.25, 0.3) is 0 Å². The molecule has 1 heteroatoms.